The molecule has 1 aromatic heterocycles. The van der Waals surface area contributed by atoms with Crippen LogP contribution in [0.1, 0.15) is 12.8 Å². The van der Waals surface area contributed by atoms with Gasteiger partial charge in [-0.05, 0) is 24.9 Å². The number of aryl methyl sites for hydroxylation is 1. The molecule has 6 heteroatoms. The highest BCUT2D eigenvalue weighted by Gasteiger charge is 2.25. The summed E-state index contributed by atoms with van der Waals surface area (Å²) >= 11 is 0. The average molecular weight is 391 g/mol. The van der Waals surface area contributed by atoms with Crippen LogP contribution in [0.3, 0.4) is 0 Å². The van der Waals surface area contributed by atoms with E-state index in [2.05, 4.69) is 16.6 Å². The molecule has 3 aromatic rings. The Balaban J connectivity index is 1.59. The van der Waals surface area contributed by atoms with Crippen LogP contribution in [-0.4, -0.2) is 37.6 Å². The van der Waals surface area contributed by atoms with Gasteiger partial charge in [0, 0.05) is 44.4 Å². The molecule has 0 N–H and O–H groups in total. The van der Waals surface area contributed by atoms with Gasteiger partial charge in [-0.25, -0.2) is 0 Å². The van der Waals surface area contributed by atoms with Gasteiger partial charge in [-0.2, -0.15) is 0 Å². The largest absolute Gasteiger partial charge is 0.497 e. The fraction of sp³-hybridized carbons (Fsp3) is 0.304. The Hall–Kier alpha value is -3.28. The third-order valence-corrected chi connectivity index (χ3v) is 5.51. The summed E-state index contributed by atoms with van der Waals surface area (Å²) < 4.78 is 13.1. The molecule has 2 heterocycles. The minimum Gasteiger partial charge on any atom is -0.497 e. The number of aromatic nitrogens is 1. The molecule has 1 aliphatic heterocycles. The summed E-state index contributed by atoms with van der Waals surface area (Å²) in [6.07, 6.45) is 1.84. The number of hydrogen-bond acceptors (Lipinski definition) is 5. The maximum atomic E-state index is 12.8. The first kappa shape index (κ1) is 19.1. The lowest BCUT2D eigenvalue weighted by Crippen LogP contribution is -2.39. The van der Waals surface area contributed by atoms with Crippen molar-refractivity contribution in [3.63, 3.8) is 0 Å². The van der Waals surface area contributed by atoms with Crippen molar-refractivity contribution in [3.8, 4) is 11.5 Å². The van der Waals surface area contributed by atoms with Crippen LogP contribution in [0.2, 0.25) is 0 Å². The number of para-hydroxylation sites is 1. The monoisotopic (exact) mass is 391 g/mol. The van der Waals surface area contributed by atoms with Crippen molar-refractivity contribution < 1.29 is 9.47 Å². The van der Waals surface area contributed by atoms with E-state index in [0.717, 1.165) is 54.0 Å². The first-order chi connectivity index (χ1) is 14.1. The van der Waals surface area contributed by atoms with Crippen LogP contribution < -0.4 is 19.9 Å². The van der Waals surface area contributed by atoms with Crippen molar-refractivity contribution in [2.75, 3.05) is 25.1 Å². The molecule has 0 unspecified atom stereocenters. The van der Waals surface area contributed by atoms with Gasteiger partial charge in [0.2, 0.25) is 0 Å². The second-order valence-corrected chi connectivity index (χ2v) is 7.22. The highest BCUT2D eigenvalue weighted by molar-refractivity contribution is 5.98. The Kier molecular flexibility index (Phi) is 5.25. The number of ether oxygens (including phenoxy) is 2. The summed E-state index contributed by atoms with van der Waals surface area (Å²) in [6, 6.07) is 15.6. The summed E-state index contributed by atoms with van der Waals surface area (Å²) in [4.78, 5) is 19.1. The Morgan fingerprint density at radius 1 is 1.07 bits per heavy atom. The Bertz CT molecular complexity index is 1100. The lowest BCUT2D eigenvalue weighted by atomic mass is 10.0. The van der Waals surface area contributed by atoms with Crippen molar-refractivity contribution in [1.29, 1.82) is 0 Å². The number of methoxy groups -OCH3 is 1. The first-order valence-electron chi connectivity index (χ1n) is 9.76. The van der Waals surface area contributed by atoms with Gasteiger partial charge in [-0.1, -0.05) is 24.3 Å². The molecule has 6 nitrogen and oxygen atoms in total. The molecule has 0 spiro atoms. The molecular formula is C23H25N3O3. The summed E-state index contributed by atoms with van der Waals surface area (Å²) in [5.41, 5.74) is 2.06. The van der Waals surface area contributed by atoms with Gasteiger partial charge in [-0.3, -0.25) is 9.79 Å². The minimum absolute atomic E-state index is 0.122. The lowest BCUT2D eigenvalue weighted by molar-refractivity contribution is 0.170. The second kappa shape index (κ2) is 7.99. The van der Waals surface area contributed by atoms with Crippen molar-refractivity contribution in [2.24, 2.45) is 12.0 Å². The fourth-order valence-corrected chi connectivity index (χ4v) is 3.99. The van der Waals surface area contributed by atoms with Gasteiger partial charge in [-0.15, -0.1) is 0 Å². The Morgan fingerprint density at radius 2 is 1.79 bits per heavy atom. The fourth-order valence-electron chi connectivity index (χ4n) is 3.99. The number of fused-ring (bicyclic) bond motifs is 1. The third kappa shape index (κ3) is 3.58. The van der Waals surface area contributed by atoms with E-state index in [1.54, 1.807) is 18.7 Å². The predicted octanol–water partition coefficient (Wildman–Crippen LogP) is 3.93. The summed E-state index contributed by atoms with van der Waals surface area (Å²) in [5.74, 6) is 1.60. The van der Waals surface area contributed by atoms with E-state index in [1.807, 2.05) is 48.5 Å². The van der Waals surface area contributed by atoms with Crippen molar-refractivity contribution in [1.82, 2.24) is 4.57 Å². The zero-order valence-corrected chi connectivity index (χ0v) is 16.8. The number of rotatable bonds is 5. The van der Waals surface area contributed by atoms with Crippen LogP contribution in [0.15, 0.2) is 58.3 Å². The van der Waals surface area contributed by atoms with Gasteiger partial charge in [0.25, 0.3) is 5.56 Å². The van der Waals surface area contributed by atoms with Crippen LogP contribution >= 0.6 is 0 Å². The molecule has 4 rings (SSSR count). The number of hydrogen-bond donors (Lipinski definition) is 0. The molecule has 0 amide bonds. The molecule has 0 atom stereocenters. The van der Waals surface area contributed by atoms with E-state index in [1.165, 1.54) is 0 Å². The number of anilines is 1. The van der Waals surface area contributed by atoms with E-state index in [9.17, 15) is 4.79 Å². The SMILES string of the molecule is C=Nc1c(N2CCC(Oc3cccc(OC)c3)CC2)c2ccccc2n(C)c1=O. The van der Waals surface area contributed by atoms with Gasteiger partial charge >= 0.3 is 0 Å². The van der Waals surface area contributed by atoms with Gasteiger partial charge in [0.15, 0.2) is 5.69 Å². The van der Waals surface area contributed by atoms with E-state index in [4.69, 9.17) is 9.47 Å². The topological polar surface area (TPSA) is 56.1 Å². The molecular weight excluding hydrogens is 366 g/mol. The quantitative estimate of drug-likeness (QED) is 0.619. The summed E-state index contributed by atoms with van der Waals surface area (Å²) in [6.45, 7) is 5.23. The maximum absolute atomic E-state index is 12.8. The Labute approximate surface area is 170 Å². The molecule has 1 fully saturated rings. The number of nitrogens with zero attached hydrogens (tertiary/aromatic N) is 3. The maximum Gasteiger partial charge on any atom is 0.278 e. The van der Waals surface area contributed by atoms with Crippen LogP contribution in [0.4, 0.5) is 11.4 Å². The van der Waals surface area contributed by atoms with E-state index in [-0.39, 0.29) is 11.7 Å². The van der Waals surface area contributed by atoms with Crippen LogP contribution in [0.5, 0.6) is 11.5 Å². The summed E-state index contributed by atoms with van der Waals surface area (Å²) in [5, 5.41) is 1.02. The third-order valence-electron chi connectivity index (χ3n) is 5.51. The number of pyridine rings is 1. The molecule has 0 saturated carbocycles. The molecule has 1 aliphatic rings. The smallest absolute Gasteiger partial charge is 0.278 e. The van der Waals surface area contributed by atoms with Gasteiger partial charge in [0.05, 0.1) is 18.3 Å². The molecule has 0 aliphatic carbocycles. The molecule has 0 radical (unpaired) electrons. The first-order valence-corrected chi connectivity index (χ1v) is 9.76. The standard InChI is InChI=1S/C23H25N3O3/c1-24-21-22(19-9-4-5-10-20(19)25(2)23(21)27)26-13-11-16(12-14-26)29-18-8-6-7-17(15-18)28-3/h4-10,15-16H,1,11-14H2,2-3H3. The lowest BCUT2D eigenvalue weighted by Gasteiger charge is -2.35. The van der Waals surface area contributed by atoms with E-state index < -0.39 is 0 Å². The Morgan fingerprint density at radius 3 is 2.52 bits per heavy atom. The van der Waals surface area contributed by atoms with Gasteiger partial charge < -0.3 is 18.9 Å². The zero-order valence-electron chi connectivity index (χ0n) is 16.8. The predicted molar refractivity (Wildman–Crippen MR) is 117 cm³/mol. The van der Waals surface area contributed by atoms with Crippen LogP contribution in [0, 0.1) is 0 Å². The van der Waals surface area contributed by atoms with Crippen LogP contribution in [0.25, 0.3) is 10.9 Å². The van der Waals surface area contributed by atoms with Crippen molar-refractivity contribution >= 4 is 29.0 Å². The van der Waals surface area contributed by atoms with E-state index >= 15 is 0 Å². The molecule has 29 heavy (non-hydrogen) atoms. The highest BCUT2D eigenvalue weighted by atomic mass is 16.5. The number of piperidine rings is 1. The molecule has 1 saturated heterocycles. The summed E-state index contributed by atoms with van der Waals surface area (Å²) in [7, 11) is 3.43. The van der Waals surface area contributed by atoms with Crippen LogP contribution in [-0.2, 0) is 7.05 Å². The van der Waals surface area contributed by atoms with Crippen molar-refractivity contribution in [3.05, 3.63) is 58.9 Å². The number of benzene rings is 2. The molecule has 0 bridgehead atoms. The second-order valence-electron chi connectivity index (χ2n) is 7.22. The number of aliphatic imine (C=N–C) groups is 1. The molecule has 2 aromatic carbocycles. The normalized spacial score (nSPS) is 14.8. The average Bonchev–Trinajstić information content (AvgIpc) is 2.77. The van der Waals surface area contributed by atoms with E-state index in [0.29, 0.717) is 5.69 Å². The zero-order chi connectivity index (χ0) is 20.4. The van der Waals surface area contributed by atoms with Crippen molar-refractivity contribution in [2.45, 2.75) is 18.9 Å². The highest BCUT2D eigenvalue weighted by Crippen LogP contribution is 2.35. The molecule has 150 valence electrons. The minimum atomic E-state index is -0.122. The van der Waals surface area contributed by atoms with Gasteiger partial charge in [0.1, 0.15) is 17.6 Å².